The molecule has 0 atom stereocenters. The number of nitriles is 1. The molecule has 0 aliphatic heterocycles. The highest BCUT2D eigenvalue weighted by atomic mass is 32.2. The summed E-state index contributed by atoms with van der Waals surface area (Å²) in [7, 11) is -5.37. The molecule has 0 saturated heterocycles. The van der Waals surface area contributed by atoms with E-state index in [0.29, 0.717) is 0 Å². The number of nitrogens with zero attached hydrogens (tertiary/aromatic N) is 1. The largest absolute Gasteiger partial charge is 0.488 e. The van der Waals surface area contributed by atoms with Crippen molar-refractivity contribution in [2.75, 3.05) is 10.5 Å². The van der Waals surface area contributed by atoms with Crippen LogP contribution in [-0.2, 0) is 10.0 Å². The van der Waals surface area contributed by atoms with Crippen LogP contribution in [0, 0.1) is 11.3 Å². The topological polar surface area (TPSA) is 110 Å². The molecule has 1 aromatic rings. The van der Waals surface area contributed by atoms with Gasteiger partial charge in [-0.3, -0.25) is 4.72 Å². The normalized spacial score (nSPS) is 10.6. The maximum absolute atomic E-state index is 11.2. The van der Waals surface area contributed by atoms with E-state index in [1.54, 1.807) is 0 Å². The van der Waals surface area contributed by atoms with Crippen LogP contribution in [0.15, 0.2) is 24.3 Å². The predicted octanol–water partition coefficient (Wildman–Crippen LogP) is -1.37. The van der Waals surface area contributed by atoms with Crippen molar-refractivity contribution in [3.63, 3.8) is 0 Å². The number of benzene rings is 1. The third-order valence-corrected chi connectivity index (χ3v) is 2.77. The molecule has 6 nitrogen and oxygen atoms in total. The number of nitrogens with one attached hydrogen (secondary N) is 1. The van der Waals surface area contributed by atoms with E-state index in [1.807, 2.05) is 0 Å². The molecule has 0 aliphatic rings. The number of sulfonamides is 1. The molecule has 1 rings (SSSR count). The van der Waals surface area contributed by atoms with Crippen LogP contribution in [0.4, 0.5) is 5.69 Å². The third-order valence-electron chi connectivity index (χ3n) is 1.71. The van der Waals surface area contributed by atoms with Gasteiger partial charge in [-0.1, -0.05) is 12.1 Å². The van der Waals surface area contributed by atoms with Gasteiger partial charge in [-0.05, 0) is 17.6 Å². The molecule has 1 aromatic carbocycles. The second-order valence-corrected chi connectivity index (χ2v) is 4.74. The average Bonchev–Trinajstić information content (AvgIpc) is 2.17. The van der Waals surface area contributed by atoms with E-state index in [9.17, 15) is 8.42 Å². The smallest absolute Gasteiger partial charge is 0.423 e. The first-order valence-corrected chi connectivity index (χ1v) is 5.93. The van der Waals surface area contributed by atoms with Crippen LogP contribution in [-0.4, -0.2) is 31.3 Å². The SMILES string of the molecule is N#CCS(=O)(=O)Nc1cccc(B(O)O)c1. The highest BCUT2D eigenvalue weighted by molar-refractivity contribution is 7.92. The van der Waals surface area contributed by atoms with Crippen LogP contribution in [0.25, 0.3) is 0 Å². The fourth-order valence-corrected chi connectivity index (χ4v) is 1.79. The van der Waals surface area contributed by atoms with Crippen molar-refractivity contribution in [2.45, 2.75) is 0 Å². The maximum atomic E-state index is 11.2. The number of hydrogen-bond acceptors (Lipinski definition) is 5. The minimum atomic E-state index is -3.70. The van der Waals surface area contributed by atoms with Gasteiger partial charge < -0.3 is 10.0 Å². The second kappa shape index (κ2) is 4.98. The van der Waals surface area contributed by atoms with E-state index in [0.717, 1.165) is 0 Å². The Morgan fingerprint density at radius 3 is 2.69 bits per heavy atom. The van der Waals surface area contributed by atoms with Gasteiger partial charge in [-0.2, -0.15) is 5.26 Å². The molecular weight excluding hydrogens is 231 g/mol. The van der Waals surface area contributed by atoms with Gasteiger partial charge >= 0.3 is 7.12 Å². The molecule has 0 bridgehead atoms. The molecule has 0 spiro atoms. The lowest BCUT2D eigenvalue weighted by Crippen LogP contribution is -2.30. The van der Waals surface area contributed by atoms with E-state index in [1.165, 1.54) is 30.3 Å². The van der Waals surface area contributed by atoms with Crippen molar-refractivity contribution in [1.82, 2.24) is 0 Å². The highest BCUT2D eigenvalue weighted by Gasteiger charge is 2.13. The van der Waals surface area contributed by atoms with Crippen LogP contribution >= 0.6 is 0 Å². The Bertz CT molecular complexity index is 509. The summed E-state index contributed by atoms with van der Waals surface area (Å²) in [5.41, 5.74) is 0.345. The summed E-state index contributed by atoms with van der Waals surface area (Å²) in [4.78, 5) is 0. The van der Waals surface area contributed by atoms with Crippen LogP contribution in [0.2, 0.25) is 0 Å². The maximum Gasteiger partial charge on any atom is 0.488 e. The van der Waals surface area contributed by atoms with Gasteiger partial charge in [0.15, 0.2) is 5.75 Å². The van der Waals surface area contributed by atoms with E-state index in [-0.39, 0.29) is 11.2 Å². The quantitative estimate of drug-likeness (QED) is 0.562. The van der Waals surface area contributed by atoms with Crippen LogP contribution < -0.4 is 10.2 Å². The van der Waals surface area contributed by atoms with Crippen LogP contribution in [0.3, 0.4) is 0 Å². The molecule has 3 N–H and O–H groups in total. The van der Waals surface area contributed by atoms with Crippen LogP contribution in [0.1, 0.15) is 0 Å². The van der Waals surface area contributed by atoms with E-state index in [2.05, 4.69) is 4.72 Å². The molecule has 0 saturated carbocycles. The summed E-state index contributed by atoms with van der Waals surface area (Å²) >= 11 is 0. The fraction of sp³-hybridized carbons (Fsp3) is 0.125. The molecule has 16 heavy (non-hydrogen) atoms. The van der Waals surface area contributed by atoms with Gasteiger partial charge in [0.2, 0.25) is 10.0 Å². The standard InChI is InChI=1S/C8H9BN2O4S/c10-4-5-16(14,15)11-8-3-1-2-7(6-8)9(12)13/h1-3,6,11-13H,5H2. The summed E-state index contributed by atoms with van der Waals surface area (Å²) in [6.07, 6.45) is 0. The van der Waals surface area contributed by atoms with Gasteiger partial charge in [0.05, 0.1) is 6.07 Å². The van der Waals surface area contributed by atoms with Crippen molar-refractivity contribution in [3.8, 4) is 6.07 Å². The van der Waals surface area contributed by atoms with Gasteiger partial charge in [0, 0.05) is 5.69 Å². The van der Waals surface area contributed by atoms with Crippen molar-refractivity contribution in [1.29, 1.82) is 5.26 Å². The second-order valence-electron chi connectivity index (χ2n) is 3.02. The molecule has 0 aliphatic carbocycles. The summed E-state index contributed by atoms with van der Waals surface area (Å²) in [5.74, 6) is -0.654. The average molecular weight is 240 g/mol. The van der Waals surface area contributed by atoms with E-state index < -0.39 is 22.9 Å². The lowest BCUT2D eigenvalue weighted by molar-refractivity contribution is 0.426. The van der Waals surface area contributed by atoms with Crippen molar-refractivity contribution < 1.29 is 18.5 Å². The van der Waals surface area contributed by atoms with Gasteiger partial charge in [0.1, 0.15) is 0 Å². The zero-order chi connectivity index (χ0) is 12.2. The van der Waals surface area contributed by atoms with Gasteiger partial charge in [0.25, 0.3) is 0 Å². The highest BCUT2D eigenvalue weighted by Crippen LogP contribution is 2.06. The third kappa shape index (κ3) is 3.54. The summed E-state index contributed by atoms with van der Waals surface area (Å²) < 4.78 is 24.6. The Morgan fingerprint density at radius 1 is 1.44 bits per heavy atom. The van der Waals surface area contributed by atoms with Crippen molar-refractivity contribution >= 4 is 28.3 Å². The first kappa shape index (κ1) is 12.5. The number of hydrogen-bond donors (Lipinski definition) is 3. The molecule has 0 aromatic heterocycles. The van der Waals surface area contributed by atoms with Gasteiger partial charge in [-0.15, -0.1) is 0 Å². The molecule has 0 radical (unpaired) electrons. The first-order chi connectivity index (χ1) is 7.44. The molecule has 84 valence electrons. The fourth-order valence-electron chi connectivity index (χ4n) is 1.06. The Hall–Kier alpha value is -1.56. The summed E-state index contributed by atoms with van der Waals surface area (Å²) in [6.45, 7) is 0. The van der Waals surface area contributed by atoms with E-state index >= 15 is 0 Å². The lowest BCUT2D eigenvalue weighted by atomic mass is 9.80. The molecular formula is C8H9BN2O4S. The lowest BCUT2D eigenvalue weighted by Gasteiger charge is -2.06. The van der Waals surface area contributed by atoms with Crippen molar-refractivity contribution in [2.24, 2.45) is 0 Å². The number of rotatable bonds is 4. The monoisotopic (exact) mass is 240 g/mol. The number of anilines is 1. The summed E-state index contributed by atoms with van der Waals surface area (Å²) in [6, 6.07) is 7.15. The molecule has 0 heterocycles. The summed E-state index contributed by atoms with van der Waals surface area (Å²) in [5, 5.41) is 26.0. The first-order valence-electron chi connectivity index (χ1n) is 4.28. The molecule has 0 unspecified atom stereocenters. The minimum absolute atomic E-state index is 0.164. The Balaban J connectivity index is 2.91. The minimum Gasteiger partial charge on any atom is -0.423 e. The Labute approximate surface area is 93.3 Å². The Morgan fingerprint density at radius 2 is 2.12 bits per heavy atom. The molecule has 0 fully saturated rings. The molecule has 0 amide bonds. The predicted molar refractivity (Wildman–Crippen MR) is 59.3 cm³/mol. The Kier molecular flexibility index (Phi) is 3.90. The van der Waals surface area contributed by atoms with Crippen molar-refractivity contribution in [3.05, 3.63) is 24.3 Å². The van der Waals surface area contributed by atoms with Gasteiger partial charge in [-0.25, -0.2) is 8.42 Å². The zero-order valence-electron chi connectivity index (χ0n) is 8.16. The van der Waals surface area contributed by atoms with Crippen LogP contribution in [0.5, 0.6) is 0 Å². The zero-order valence-corrected chi connectivity index (χ0v) is 8.98. The van der Waals surface area contributed by atoms with E-state index in [4.69, 9.17) is 15.3 Å². The molecule has 8 heteroatoms.